The molecule has 18 unspecified atom stereocenters. The maximum atomic E-state index is 15.8. The highest BCUT2D eigenvalue weighted by molar-refractivity contribution is 7.90. The van der Waals surface area contributed by atoms with E-state index in [0.29, 0.717) is 19.3 Å². The minimum absolute atomic E-state index is 0.0311. The number of likely N-dealkylation sites (tertiary alicyclic amines) is 2. The van der Waals surface area contributed by atoms with Gasteiger partial charge in [0.15, 0.2) is 11.6 Å². The van der Waals surface area contributed by atoms with Crippen LogP contribution in [0.5, 0.6) is 23.0 Å². The molecule has 0 radical (unpaired) electrons. The van der Waals surface area contributed by atoms with Gasteiger partial charge in [-0.25, -0.2) is 26.3 Å². The van der Waals surface area contributed by atoms with Gasteiger partial charge in [-0.15, -0.1) is 0 Å². The lowest BCUT2D eigenvalue weighted by atomic mass is 9.72. The number of ether oxygens (including phenoxy) is 10. The summed E-state index contributed by atoms with van der Waals surface area (Å²) in [6.45, 7) is 8.91. The first-order chi connectivity index (χ1) is 62.1. The number of aliphatic carboxylic acids is 3. The number of phenolic OH excluding ortho intramolecular Hbond substituents is 2. The first-order valence-corrected chi connectivity index (χ1v) is 46.2. The number of carboxylic acid groups (broad SMARTS) is 3. The number of carboxylic acids is 3. The third-order valence-electron chi connectivity index (χ3n) is 24.6. The maximum Gasteiger partial charge on any atom is 0.320 e. The molecule has 722 valence electrons. The molecule has 0 aliphatic carbocycles. The van der Waals surface area contributed by atoms with Crippen molar-refractivity contribution in [3.63, 3.8) is 0 Å². The number of ketones is 2. The SMILES string of the molecule is CCCCNC(=O)C(C(CC1C(=O)N(CCCC)C(=O)C1C(CC1C(=O)N(CCCNS(=O)(=O)c2cc(C(=O)c3ccc(C)cc3)c(O)cc2OC)C(=O)C1C(CC(C(=O)O)C(C(=O)NCCCNS(=O)(=O)c1cc(C(=O)c2ccc(C)cc2)c(O)cc1OC)C(CC)OC)OC)OC)OC)C(CC(OC)C(C(=O)OCC)C(CC(OC)C1C(=O)OC(=O)C1C)C(=O)O)C(=O)O. The minimum Gasteiger partial charge on any atom is -0.507 e. The fourth-order valence-electron chi connectivity index (χ4n) is 17.5. The summed E-state index contributed by atoms with van der Waals surface area (Å²) in [6.07, 6.45) is -12.5. The number of sulfonamides is 2. The lowest BCUT2D eigenvalue weighted by molar-refractivity contribution is -0.169. The van der Waals surface area contributed by atoms with Crippen molar-refractivity contribution >= 4 is 103 Å². The van der Waals surface area contributed by atoms with Gasteiger partial charge >= 0.3 is 35.8 Å². The lowest BCUT2D eigenvalue weighted by Crippen LogP contribution is -2.50. The number of nitrogens with one attached hydrogen (secondary N) is 4. The van der Waals surface area contributed by atoms with Crippen LogP contribution in [0, 0.1) is 84.9 Å². The van der Waals surface area contributed by atoms with Crippen molar-refractivity contribution in [2.24, 2.45) is 71.0 Å². The van der Waals surface area contributed by atoms with Crippen LogP contribution >= 0.6 is 0 Å². The molecular weight excluding hydrogens is 1760 g/mol. The number of esters is 3. The Morgan fingerprint density at radius 3 is 1.27 bits per heavy atom. The largest absolute Gasteiger partial charge is 0.507 e. The molecule has 7 rings (SSSR count). The van der Waals surface area contributed by atoms with E-state index in [1.165, 1.54) is 45.2 Å². The number of rotatable bonds is 57. The number of carbonyl (C=O) groups is 14. The van der Waals surface area contributed by atoms with Crippen molar-refractivity contribution in [3.8, 4) is 23.0 Å². The Morgan fingerprint density at radius 2 is 0.863 bits per heavy atom. The number of cyclic esters (lactones) is 2. The van der Waals surface area contributed by atoms with Crippen LogP contribution in [0.4, 0.5) is 0 Å². The van der Waals surface area contributed by atoms with E-state index in [1.54, 1.807) is 58.9 Å². The van der Waals surface area contributed by atoms with Crippen molar-refractivity contribution in [1.29, 1.82) is 0 Å². The number of aryl methyl sites for hydroxylation is 2. The summed E-state index contributed by atoms with van der Waals surface area (Å²) < 4.78 is 118. The van der Waals surface area contributed by atoms with Crippen LogP contribution in [0.2, 0.25) is 0 Å². The molecule has 0 bridgehead atoms. The normalized spacial score (nSPS) is 19.9. The van der Waals surface area contributed by atoms with Gasteiger partial charge in [0, 0.05) is 105 Å². The molecule has 3 heterocycles. The number of hydrogen-bond donors (Lipinski definition) is 9. The second kappa shape index (κ2) is 49.1. The first-order valence-electron chi connectivity index (χ1n) is 43.2. The van der Waals surface area contributed by atoms with Crippen LogP contribution in [0.15, 0.2) is 82.6 Å². The van der Waals surface area contributed by atoms with Crippen molar-refractivity contribution in [3.05, 3.63) is 106 Å². The van der Waals surface area contributed by atoms with Crippen molar-refractivity contribution in [2.45, 2.75) is 172 Å². The van der Waals surface area contributed by atoms with Crippen LogP contribution in [0.3, 0.4) is 0 Å². The summed E-state index contributed by atoms with van der Waals surface area (Å²) in [5.74, 6) is -38.5. The zero-order chi connectivity index (χ0) is 97.4. The van der Waals surface area contributed by atoms with Crippen molar-refractivity contribution < 1.29 is 157 Å². The number of carbonyl (C=O) groups excluding carboxylic acids is 11. The third-order valence-corrected chi connectivity index (χ3v) is 27.6. The number of unbranched alkanes of at least 4 members (excludes halogenated alkanes) is 2. The van der Waals surface area contributed by atoms with Crippen molar-refractivity contribution in [2.75, 3.05) is 103 Å². The molecule has 39 nitrogen and oxygen atoms in total. The van der Waals surface area contributed by atoms with E-state index in [1.807, 2.05) is 0 Å². The molecule has 6 amide bonds. The highest BCUT2D eigenvalue weighted by atomic mass is 32.2. The van der Waals surface area contributed by atoms with Gasteiger partial charge in [-0.1, -0.05) is 100 Å². The monoisotopic (exact) mass is 1880 g/mol. The molecule has 0 aromatic heterocycles. The molecule has 4 aromatic carbocycles. The van der Waals surface area contributed by atoms with E-state index >= 15 is 24.0 Å². The van der Waals surface area contributed by atoms with E-state index in [-0.39, 0.29) is 74.4 Å². The van der Waals surface area contributed by atoms with E-state index in [0.717, 1.165) is 95.0 Å². The number of benzene rings is 4. The fourth-order valence-corrected chi connectivity index (χ4v) is 20.0. The molecule has 0 saturated carbocycles. The molecule has 3 saturated heterocycles. The van der Waals surface area contributed by atoms with E-state index in [4.69, 9.17) is 47.4 Å². The quantitative estimate of drug-likeness (QED) is 0.00858. The number of phenols is 2. The summed E-state index contributed by atoms with van der Waals surface area (Å²) in [7, 11) is -0.408. The molecule has 18 atom stereocenters. The lowest BCUT2D eigenvalue weighted by Gasteiger charge is -2.36. The molecule has 3 aliphatic heterocycles. The van der Waals surface area contributed by atoms with Gasteiger partial charge < -0.3 is 83.5 Å². The van der Waals surface area contributed by atoms with Crippen LogP contribution < -0.4 is 29.6 Å². The topological polar surface area (TPSA) is 555 Å². The molecule has 3 aliphatic rings. The maximum absolute atomic E-state index is 15.8. The second-order valence-corrected chi connectivity index (χ2v) is 36.1. The van der Waals surface area contributed by atoms with Crippen LogP contribution in [-0.4, -0.2) is 274 Å². The minimum atomic E-state index is -4.74. The molecule has 41 heteroatoms. The Hall–Kier alpha value is -10.8. The van der Waals surface area contributed by atoms with E-state index in [9.17, 15) is 85.5 Å². The summed E-state index contributed by atoms with van der Waals surface area (Å²) in [5.41, 5.74) is 1.09. The second-order valence-electron chi connectivity index (χ2n) is 32.6. The number of hydrogen-bond acceptors (Lipinski definition) is 30. The summed E-state index contributed by atoms with van der Waals surface area (Å²) in [6, 6.07) is 16.3. The van der Waals surface area contributed by atoms with Crippen LogP contribution in [-0.2, 0) is 115 Å². The molecular formula is C90H122N6O33S2. The van der Waals surface area contributed by atoms with Gasteiger partial charge in [-0.05, 0) is 97.1 Å². The zero-order valence-corrected chi connectivity index (χ0v) is 77.8. The molecule has 4 aromatic rings. The van der Waals surface area contributed by atoms with Gasteiger partial charge in [-0.2, -0.15) is 0 Å². The van der Waals surface area contributed by atoms with E-state index < -0.39 is 295 Å². The van der Waals surface area contributed by atoms with Gasteiger partial charge in [0.1, 0.15) is 32.8 Å². The Bertz CT molecular complexity index is 4990. The summed E-state index contributed by atoms with van der Waals surface area (Å²) >= 11 is 0. The van der Waals surface area contributed by atoms with Crippen LogP contribution in [0.25, 0.3) is 0 Å². The molecule has 0 spiro atoms. The Morgan fingerprint density at radius 1 is 0.458 bits per heavy atom. The molecule has 131 heavy (non-hydrogen) atoms. The van der Waals surface area contributed by atoms with Crippen LogP contribution in [0.1, 0.15) is 155 Å². The number of imide groups is 2. The molecule has 9 N–H and O–H groups in total. The number of amides is 6. The number of nitrogens with zero attached hydrogens (tertiary/aromatic N) is 2. The van der Waals surface area contributed by atoms with Gasteiger partial charge in [0.2, 0.25) is 55.5 Å². The van der Waals surface area contributed by atoms with Gasteiger partial charge in [-0.3, -0.25) is 76.9 Å². The Labute approximate surface area is 760 Å². The molecule has 3 fully saturated rings. The van der Waals surface area contributed by atoms with Gasteiger partial charge in [0.25, 0.3) is 0 Å². The highest BCUT2D eigenvalue weighted by Crippen LogP contribution is 2.46. The zero-order valence-electron chi connectivity index (χ0n) is 76.1. The predicted octanol–water partition coefficient (Wildman–Crippen LogP) is 5.57. The summed E-state index contributed by atoms with van der Waals surface area (Å²) in [4.78, 5) is 203. The predicted molar refractivity (Wildman–Crippen MR) is 464 cm³/mol. The first kappa shape index (κ1) is 107. The third kappa shape index (κ3) is 25.8. The average molecular weight is 1880 g/mol. The number of methoxy groups -OCH3 is 8. The summed E-state index contributed by atoms with van der Waals surface area (Å²) in [5, 5.41) is 61.3. The standard InChI is InChI=1S/C90H122N6O33S2/c1-16-20-32-91-80(102)73(57(86(109)110)41-68(127-15)76(89(114)128-19-4)58(87(111)112)42-64(123-11)71-49(7)88(113)129-90(71)115)65(124-12)38-54-74(83(105)95(81(54)103)36-21-17-2)66(125-13)39-55-75(84(106)96(82(55)104)37-23-35-94-131(118,119)70-44-53(60(98)46-63(70)122-10)78(100)51-30-26-48(6)27-31-51)67(126-14)40-56(85(107)108)72(61(18-3)120-8)79(101)92-33-22-34-93-130(116,117)69-43-52(59(97)45-62(69)121-9)77(99)50-28-24-47(5)25-29-50/h24-31,43-46,49,54-58,61,64-68,71-76,93-94,97-98H,16-23,32-42H2,1-15H3,(H,91,102)(H,92,101)(H,107,108)(H,109,110)(H,111,112). The highest BCUT2D eigenvalue weighted by Gasteiger charge is 2.59. The number of aromatic hydroxyl groups is 2. The average Bonchev–Trinajstić information content (AvgIpc) is 1.57. The smallest absolute Gasteiger partial charge is 0.320 e. The Balaban J connectivity index is 1.28. The Kier molecular flexibility index (Phi) is 40.2. The van der Waals surface area contributed by atoms with E-state index in [2.05, 4.69) is 20.1 Å². The fraction of sp³-hybridized carbons (Fsp3) is 0.578. The van der Waals surface area contributed by atoms with Gasteiger partial charge in [0.05, 0.1) is 140 Å². The van der Waals surface area contributed by atoms with Crippen molar-refractivity contribution in [1.82, 2.24) is 29.9 Å².